The number of ether oxygens (including phenoxy) is 1. The highest BCUT2D eigenvalue weighted by Gasteiger charge is 2.36. The van der Waals surface area contributed by atoms with Gasteiger partial charge in [-0.05, 0) is 41.8 Å². The van der Waals surface area contributed by atoms with E-state index in [1.165, 1.54) is 19.1 Å². The highest BCUT2D eigenvalue weighted by Crippen LogP contribution is 2.27. The van der Waals surface area contributed by atoms with Crippen LogP contribution in [0.4, 0.5) is 0 Å². The monoisotopic (exact) mass is 405 g/mol. The number of methoxy groups -OCH3 is 1. The van der Waals surface area contributed by atoms with Crippen molar-refractivity contribution in [1.82, 2.24) is 4.90 Å². The molecule has 1 atom stereocenters. The molecule has 1 fully saturated rings. The molecule has 0 saturated carbocycles. The van der Waals surface area contributed by atoms with E-state index < -0.39 is 12.0 Å². The number of esters is 1. The van der Waals surface area contributed by atoms with Crippen molar-refractivity contribution in [2.45, 2.75) is 25.8 Å². The molecule has 2 aromatic carbocycles. The van der Waals surface area contributed by atoms with Gasteiger partial charge in [0, 0.05) is 24.9 Å². The number of hydrogen-bond donors (Lipinski definition) is 0. The minimum Gasteiger partial charge on any atom is -0.467 e. The second-order valence-electron chi connectivity index (χ2n) is 7.00. The lowest BCUT2D eigenvalue weighted by Crippen LogP contribution is -2.50. The average Bonchev–Trinajstić information content (AvgIpc) is 2.78. The molecule has 0 bridgehead atoms. The van der Waals surface area contributed by atoms with Gasteiger partial charge in [-0.2, -0.15) is 5.26 Å². The van der Waals surface area contributed by atoms with Gasteiger partial charge < -0.3 is 14.5 Å². The van der Waals surface area contributed by atoms with E-state index in [2.05, 4.69) is 11.2 Å². The number of rotatable bonds is 4. The van der Waals surface area contributed by atoms with Gasteiger partial charge in [0.1, 0.15) is 13.2 Å². The van der Waals surface area contributed by atoms with Crippen molar-refractivity contribution >= 4 is 17.6 Å². The number of oxime groups is 1. The third kappa shape index (κ3) is 4.18. The molecule has 7 nitrogen and oxygen atoms in total. The van der Waals surface area contributed by atoms with Crippen LogP contribution in [-0.4, -0.2) is 49.3 Å². The molecule has 3 rings (SSSR count). The van der Waals surface area contributed by atoms with Gasteiger partial charge in [0.15, 0.2) is 0 Å². The number of amides is 1. The maximum Gasteiger partial charge on any atom is 0.328 e. The summed E-state index contributed by atoms with van der Waals surface area (Å²) in [6, 6.07) is 14.2. The average molecular weight is 405 g/mol. The van der Waals surface area contributed by atoms with E-state index in [1.54, 1.807) is 18.2 Å². The first-order valence-corrected chi connectivity index (χ1v) is 9.58. The van der Waals surface area contributed by atoms with E-state index in [4.69, 9.17) is 9.57 Å². The summed E-state index contributed by atoms with van der Waals surface area (Å²) >= 11 is 0. The van der Waals surface area contributed by atoms with Gasteiger partial charge in [-0.1, -0.05) is 29.4 Å². The van der Waals surface area contributed by atoms with Crippen LogP contribution in [0.2, 0.25) is 0 Å². The molecule has 0 aromatic heterocycles. The number of carbonyl (C=O) groups excluding carboxylic acids is 2. The molecule has 0 radical (unpaired) electrons. The Morgan fingerprint density at radius 1 is 1.17 bits per heavy atom. The number of nitriles is 1. The fourth-order valence-corrected chi connectivity index (χ4v) is 3.67. The van der Waals surface area contributed by atoms with Crippen molar-refractivity contribution in [3.63, 3.8) is 0 Å². The molecule has 1 amide bonds. The summed E-state index contributed by atoms with van der Waals surface area (Å²) < 4.78 is 4.89. The van der Waals surface area contributed by atoms with E-state index in [-0.39, 0.29) is 12.3 Å². The van der Waals surface area contributed by atoms with Crippen LogP contribution < -0.4 is 0 Å². The normalized spacial score (nSPS) is 17.3. The number of likely N-dealkylation sites (tertiary alicyclic amines) is 1. The Bertz CT molecular complexity index is 1020. The van der Waals surface area contributed by atoms with Crippen LogP contribution in [0.5, 0.6) is 0 Å². The fourth-order valence-electron chi connectivity index (χ4n) is 3.67. The fraction of sp³-hybridized carbons (Fsp3) is 0.304. The lowest BCUT2D eigenvalue weighted by molar-refractivity contribution is -0.146. The number of carbonyl (C=O) groups is 2. The van der Waals surface area contributed by atoms with E-state index in [0.29, 0.717) is 24.1 Å². The lowest BCUT2D eigenvalue weighted by Gasteiger charge is -2.34. The van der Waals surface area contributed by atoms with Crippen molar-refractivity contribution in [3.05, 3.63) is 59.2 Å². The minimum absolute atomic E-state index is 0.240. The predicted molar refractivity (Wildman–Crippen MR) is 112 cm³/mol. The largest absolute Gasteiger partial charge is 0.467 e. The molecule has 154 valence electrons. The van der Waals surface area contributed by atoms with E-state index in [9.17, 15) is 14.9 Å². The molecule has 1 heterocycles. The molecule has 1 saturated heterocycles. The Kier molecular flexibility index (Phi) is 6.48. The predicted octanol–water partition coefficient (Wildman–Crippen LogP) is 3.31. The van der Waals surface area contributed by atoms with Gasteiger partial charge in [-0.15, -0.1) is 0 Å². The highest BCUT2D eigenvalue weighted by atomic mass is 16.6. The highest BCUT2D eigenvalue weighted by molar-refractivity contribution is 6.00. The maximum atomic E-state index is 13.1. The molecular weight excluding hydrogens is 382 g/mol. The summed E-state index contributed by atoms with van der Waals surface area (Å²) in [6.45, 7) is 2.26. The van der Waals surface area contributed by atoms with Crippen molar-refractivity contribution in [2.75, 3.05) is 20.8 Å². The van der Waals surface area contributed by atoms with Crippen LogP contribution in [0.3, 0.4) is 0 Å². The van der Waals surface area contributed by atoms with Gasteiger partial charge in [0.2, 0.25) is 0 Å². The molecule has 1 aliphatic heterocycles. The maximum absolute atomic E-state index is 13.1. The molecule has 1 unspecified atom stereocenters. The molecule has 2 aromatic rings. The van der Waals surface area contributed by atoms with Crippen LogP contribution in [0.25, 0.3) is 11.1 Å². The smallest absolute Gasteiger partial charge is 0.328 e. The van der Waals surface area contributed by atoms with Crippen molar-refractivity contribution in [3.8, 4) is 17.2 Å². The molecular formula is C23H23N3O4. The summed E-state index contributed by atoms with van der Waals surface area (Å²) in [7, 11) is 2.76. The summed E-state index contributed by atoms with van der Waals surface area (Å²) in [5, 5.41) is 13.2. The summed E-state index contributed by atoms with van der Waals surface area (Å²) in [5.41, 5.74) is 4.58. The van der Waals surface area contributed by atoms with E-state index in [1.807, 2.05) is 31.2 Å². The second-order valence-corrected chi connectivity index (χ2v) is 7.00. The van der Waals surface area contributed by atoms with Crippen LogP contribution in [0.1, 0.15) is 34.3 Å². The number of benzene rings is 2. The van der Waals surface area contributed by atoms with Gasteiger partial charge in [-0.3, -0.25) is 4.79 Å². The van der Waals surface area contributed by atoms with E-state index in [0.717, 1.165) is 22.4 Å². The SMILES string of the molecule is CON=C1CCN(C(=O)c2ccc(-c3cccc(C#N)c3C)cc2)C(C(=O)OC)C1. The first-order valence-electron chi connectivity index (χ1n) is 9.58. The Morgan fingerprint density at radius 2 is 1.90 bits per heavy atom. The van der Waals surface area contributed by atoms with Crippen LogP contribution in [0.15, 0.2) is 47.6 Å². The zero-order chi connectivity index (χ0) is 21.7. The van der Waals surface area contributed by atoms with Gasteiger partial charge >= 0.3 is 5.97 Å². The standard InChI is InChI=1S/C23H23N3O4/c1-15-18(14-24)5-4-6-20(15)16-7-9-17(10-8-16)22(27)26-12-11-19(25-30-3)13-21(26)23(28)29-2/h4-10,21H,11-13H2,1-3H3. The van der Waals surface area contributed by atoms with Crippen LogP contribution in [0, 0.1) is 18.3 Å². The summed E-state index contributed by atoms with van der Waals surface area (Å²) in [5.74, 6) is -0.719. The minimum atomic E-state index is -0.737. The van der Waals surface area contributed by atoms with Gasteiger partial charge in [-0.25, -0.2) is 4.79 Å². The number of piperidine rings is 1. The third-order valence-corrected chi connectivity index (χ3v) is 5.30. The lowest BCUT2D eigenvalue weighted by atomic mass is 9.95. The zero-order valence-electron chi connectivity index (χ0n) is 17.2. The van der Waals surface area contributed by atoms with E-state index >= 15 is 0 Å². The summed E-state index contributed by atoms with van der Waals surface area (Å²) in [4.78, 5) is 31.7. The molecule has 7 heteroatoms. The molecule has 0 aliphatic carbocycles. The third-order valence-electron chi connectivity index (χ3n) is 5.30. The van der Waals surface area contributed by atoms with Crippen molar-refractivity contribution < 1.29 is 19.2 Å². The Morgan fingerprint density at radius 3 is 2.53 bits per heavy atom. The van der Waals surface area contributed by atoms with Crippen molar-refractivity contribution in [1.29, 1.82) is 5.26 Å². The Balaban J connectivity index is 1.85. The number of hydrogen-bond acceptors (Lipinski definition) is 6. The first kappa shape index (κ1) is 21.1. The quantitative estimate of drug-likeness (QED) is 0.575. The molecule has 30 heavy (non-hydrogen) atoms. The van der Waals surface area contributed by atoms with Gasteiger partial charge in [0.25, 0.3) is 5.91 Å². The summed E-state index contributed by atoms with van der Waals surface area (Å²) in [6.07, 6.45) is 0.815. The molecule has 0 N–H and O–H groups in total. The van der Waals surface area contributed by atoms with Gasteiger partial charge in [0.05, 0.1) is 24.5 Å². The number of nitrogens with zero attached hydrogens (tertiary/aromatic N) is 3. The second kappa shape index (κ2) is 9.23. The van der Waals surface area contributed by atoms with Crippen LogP contribution in [-0.2, 0) is 14.4 Å². The van der Waals surface area contributed by atoms with Crippen LogP contribution >= 0.6 is 0 Å². The Hall–Kier alpha value is -3.66. The van der Waals surface area contributed by atoms with Crippen molar-refractivity contribution in [2.24, 2.45) is 5.16 Å². The molecule has 1 aliphatic rings. The zero-order valence-corrected chi connectivity index (χ0v) is 17.2. The first-order chi connectivity index (χ1) is 14.5. The molecule has 0 spiro atoms. The topological polar surface area (TPSA) is 92.0 Å². The Labute approximate surface area is 175 Å².